The van der Waals surface area contributed by atoms with Gasteiger partial charge in [0.05, 0.1) is 5.02 Å². The second-order valence-electron chi connectivity index (χ2n) is 6.30. The Morgan fingerprint density at radius 2 is 1.84 bits per heavy atom. The van der Waals surface area contributed by atoms with Gasteiger partial charge in [0.15, 0.2) is 11.6 Å². The molecular weight excluding hydrogens is 363 g/mol. The van der Waals surface area contributed by atoms with Crippen LogP contribution in [0.1, 0.15) is 49.4 Å². The Kier molecular flexibility index (Phi) is 5.35. The SMILES string of the molecule is CCCCc1c(C(C)c2ccc(Cl)c(F)c2F)[nH]c2ccc(Cl)cc12. The topological polar surface area (TPSA) is 15.8 Å². The third kappa shape index (κ3) is 3.40. The molecule has 1 N–H and O–H groups in total. The number of nitrogens with one attached hydrogen (secondary N) is 1. The standard InChI is InChI=1S/C20H19Cl2F2N/c1-3-4-5-14-15-10-12(21)6-9-17(15)25-20(14)11(2)13-7-8-16(22)19(24)18(13)23/h6-11,25H,3-5H2,1-2H3. The molecule has 0 fully saturated rings. The first kappa shape index (κ1) is 18.2. The maximum atomic E-state index is 14.4. The number of aromatic amines is 1. The van der Waals surface area contributed by atoms with E-state index in [4.69, 9.17) is 23.2 Å². The predicted molar refractivity (Wildman–Crippen MR) is 101 cm³/mol. The summed E-state index contributed by atoms with van der Waals surface area (Å²) < 4.78 is 28.3. The second kappa shape index (κ2) is 7.35. The maximum absolute atomic E-state index is 14.4. The maximum Gasteiger partial charge on any atom is 0.177 e. The molecule has 0 aliphatic heterocycles. The summed E-state index contributed by atoms with van der Waals surface area (Å²) in [4.78, 5) is 3.38. The molecule has 3 aromatic rings. The molecule has 0 amide bonds. The fourth-order valence-corrected chi connectivity index (χ4v) is 3.58. The largest absolute Gasteiger partial charge is 0.358 e. The van der Waals surface area contributed by atoms with Crippen LogP contribution in [0.15, 0.2) is 30.3 Å². The first-order chi connectivity index (χ1) is 11.9. The minimum absolute atomic E-state index is 0.205. The number of aryl methyl sites for hydroxylation is 1. The lowest BCUT2D eigenvalue weighted by atomic mass is 9.92. The first-order valence-electron chi connectivity index (χ1n) is 8.37. The Labute approximate surface area is 156 Å². The summed E-state index contributed by atoms with van der Waals surface area (Å²) in [5.74, 6) is -2.22. The van der Waals surface area contributed by atoms with Crippen molar-refractivity contribution < 1.29 is 8.78 Å². The van der Waals surface area contributed by atoms with Gasteiger partial charge in [-0.2, -0.15) is 0 Å². The van der Waals surface area contributed by atoms with Crippen LogP contribution in [0.2, 0.25) is 10.0 Å². The van der Waals surface area contributed by atoms with Crippen LogP contribution in [-0.2, 0) is 6.42 Å². The molecule has 1 nitrogen and oxygen atoms in total. The summed E-state index contributed by atoms with van der Waals surface area (Å²) in [5.41, 5.74) is 3.25. The number of hydrogen-bond donors (Lipinski definition) is 1. The van der Waals surface area contributed by atoms with Gasteiger partial charge in [-0.1, -0.05) is 49.5 Å². The molecule has 3 rings (SSSR count). The van der Waals surface area contributed by atoms with Gasteiger partial charge in [0.1, 0.15) is 0 Å². The van der Waals surface area contributed by atoms with Crippen molar-refractivity contribution in [2.24, 2.45) is 0 Å². The molecule has 2 aromatic carbocycles. The molecule has 0 spiro atoms. The zero-order valence-corrected chi connectivity index (χ0v) is 15.6. The average Bonchev–Trinajstić information content (AvgIpc) is 2.95. The van der Waals surface area contributed by atoms with Gasteiger partial charge in [-0.3, -0.25) is 0 Å². The zero-order chi connectivity index (χ0) is 18.1. The first-order valence-corrected chi connectivity index (χ1v) is 9.13. The predicted octanol–water partition coefficient (Wildman–Crippen LogP) is 7.25. The number of benzene rings is 2. The van der Waals surface area contributed by atoms with E-state index < -0.39 is 11.6 Å². The molecule has 1 heterocycles. The average molecular weight is 382 g/mol. The zero-order valence-electron chi connectivity index (χ0n) is 14.1. The highest BCUT2D eigenvalue weighted by atomic mass is 35.5. The Hall–Kier alpha value is -1.58. The van der Waals surface area contributed by atoms with Gasteiger partial charge < -0.3 is 4.98 Å². The molecule has 1 aromatic heterocycles. The van der Waals surface area contributed by atoms with Crippen LogP contribution in [0.3, 0.4) is 0 Å². The highest BCUT2D eigenvalue weighted by Gasteiger charge is 2.23. The van der Waals surface area contributed by atoms with Crippen molar-refractivity contribution in [3.63, 3.8) is 0 Å². The number of unbranched alkanes of at least 4 members (excludes halogenated alkanes) is 1. The summed E-state index contributed by atoms with van der Waals surface area (Å²) in [6.07, 6.45) is 2.91. The fraction of sp³-hybridized carbons (Fsp3) is 0.300. The van der Waals surface area contributed by atoms with Gasteiger partial charge >= 0.3 is 0 Å². The molecule has 0 radical (unpaired) electrons. The Bertz CT molecular complexity index is 918. The van der Waals surface area contributed by atoms with Crippen LogP contribution in [0.4, 0.5) is 8.78 Å². The van der Waals surface area contributed by atoms with Gasteiger partial charge in [0.25, 0.3) is 0 Å². The van der Waals surface area contributed by atoms with Crippen molar-refractivity contribution in [2.75, 3.05) is 0 Å². The fourth-order valence-electron chi connectivity index (χ4n) is 3.26. The lowest BCUT2D eigenvalue weighted by Crippen LogP contribution is -2.05. The number of rotatable bonds is 5. The molecule has 0 saturated heterocycles. The van der Waals surface area contributed by atoms with E-state index in [1.54, 1.807) is 6.07 Å². The smallest absolute Gasteiger partial charge is 0.177 e. The third-order valence-corrected chi connectivity index (χ3v) is 5.17. The number of hydrogen-bond acceptors (Lipinski definition) is 0. The molecule has 132 valence electrons. The molecule has 0 aliphatic rings. The van der Waals surface area contributed by atoms with E-state index in [0.29, 0.717) is 5.02 Å². The van der Waals surface area contributed by atoms with Gasteiger partial charge in [0, 0.05) is 27.5 Å². The molecule has 1 atom stereocenters. The van der Waals surface area contributed by atoms with Crippen LogP contribution >= 0.6 is 23.2 Å². The van der Waals surface area contributed by atoms with E-state index in [1.165, 1.54) is 6.07 Å². The van der Waals surface area contributed by atoms with Gasteiger partial charge in [-0.05, 0) is 48.2 Å². The lowest BCUT2D eigenvalue weighted by molar-refractivity contribution is 0.495. The molecule has 0 saturated carbocycles. The van der Waals surface area contributed by atoms with Crippen molar-refractivity contribution in [2.45, 2.75) is 39.0 Å². The normalized spacial score (nSPS) is 12.7. The Morgan fingerprint density at radius 3 is 2.56 bits per heavy atom. The summed E-state index contributed by atoms with van der Waals surface area (Å²) in [6.45, 7) is 3.99. The van der Waals surface area contributed by atoms with Crippen LogP contribution in [0.25, 0.3) is 10.9 Å². The molecule has 25 heavy (non-hydrogen) atoms. The highest BCUT2D eigenvalue weighted by Crippen LogP contribution is 2.36. The van der Waals surface area contributed by atoms with Crippen LogP contribution in [-0.4, -0.2) is 4.98 Å². The van der Waals surface area contributed by atoms with Crippen molar-refractivity contribution in [1.82, 2.24) is 4.98 Å². The van der Waals surface area contributed by atoms with E-state index in [1.807, 2.05) is 25.1 Å². The van der Waals surface area contributed by atoms with Crippen LogP contribution in [0.5, 0.6) is 0 Å². The number of halogens is 4. The van der Waals surface area contributed by atoms with E-state index in [-0.39, 0.29) is 16.5 Å². The van der Waals surface area contributed by atoms with Gasteiger partial charge in [0.2, 0.25) is 0 Å². The van der Waals surface area contributed by atoms with E-state index in [2.05, 4.69) is 11.9 Å². The Balaban J connectivity index is 2.15. The van der Waals surface area contributed by atoms with Gasteiger partial charge in [-0.15, -0.1) is 0 Å². The number of H-pyrrole nitrogens is 1. The quantitative estimate of drug-likeness (QED) is 0.448. The van der Waals surface area contributed by atoms with E-state index in [0.717, 1.165) is 41.4 Å². The monoisotopic (exact) mass is 381 g/mol. The lowest BCUT2D eigenvalue weighted by Gasteiger charge is -2.15. The molecule has 1 unspecified atom stereocenters. The molecule has 5 heteroatoms. The van der Waals surface area contributed by atoms with E-state index in [9.17, 15) is 8.78 Å². The molecule has 0 aliphatic carbocycles. The summed E-state index contributed by atoms with van der Waals surface area (Å²) in [6, 6.07) is 8.61. The summed E-state index contributed by atoms with van der Waals surface area (Å²) in [7, 11) is 0. The summed E-state index contributed by atoms with van der Waals surface area (Å²) in [5, 5.41) is 1.49. The summed E-state index contributed by atoms with van der Waals surface area (Å²) >= 11 is 11.8. The molecule has 0 bridgehead atoms. The van der Waals surface area contributed by atoms with E-state index >= 15 is 0 Å². The number of aromatic nitrogens is 1. The third-order valence-electron chi connectivity index (χ3n) is 4.65. The second-order valence-corrected chi connectivity index (χ2v) is 7.14. The van der Waals surface area contributed by atoms with Crippen molar-refractivity contribution in [3.8, 4) is 0 Å². The Morgan fingerprint density at radius 1 is 1.08 bits per heavy atom. The number of fused-ring (bicyclic) bond motifs is 1. The minimum Gasteiger partial charge on any atom is -0.358 e. The highest BCUT2D eigenvalue weighted by molar-refractivity contribution is 6.31. The van der Waals surface area contributed by atoms with Crippen molar-refractivity contribution >= 4 is 34.1 Å². The molecular formula is C20H19Cl2F2N. The van der Waals surface area contributed by atoms with Crippen LogP contribution < -0.4 is 0 Å². The van der Waals surface area contributed by atoms with Crippen molar-refractivity contribution in [3.05, 3.63) is 68.8 Å². The van der Waals surface area contributed by atoms with Crippen LogP contribution in [0, 0.1) is 11.6 Å². The van der Waals surface area contributed by atoms with Crippen molar-refractivity contribution in [1.29, 1.82) is 0 Å². The van der Waals surface area contributed by atoms with Gasteiger partial charge in [-0.25, -0.2) is 8.78 Å². The minimum atomic E-state index is -1.000.